The molecule has 8 heteroatoms. The first-order chi connectivity index (χ1) is 10.3. The van der Waals surface area contributed by atoms with Crippen molar-refractivity contribution >= 4 is 15.7 Å². The molecule has 0 aliphatic carbocycles. The summed E-state index contributed by atoms with van der Waals surface area (Å²) in [6, 6.07) is 2.43. The van der Waals surface area contributed by atoms with Gasteiger partial charge in [0.2, 0.25) is 10.0 Å². The molecule has 1 aliphatic rings. The quantitative estimate of drug-likeness (QED) is 0.669. The molecule has 1 atom stereocenters. The highest BCUT2D eigenvalue weighted by Crippen LogP contribution is 2.32. The zero-order valence-electron chi connectivity index (χ0n) is 12.8. The summed E-state index contributed by atoms with van der Waals surface area (Å²) in [7, 11) is -3.93. The summed E-state index contributed by atoms with van der Waals surface area (Å²) < 4.78 is 27.1. The van der Waals surface area contributed by atoms with Crippen LogP contribution in [0.1, 0.15) is 30.4 Å². The fourth-order valence-electron chi connectivity index (χ4n) is 2.78. The van der Waals surface area contributed by atoms with Gasteiger partial charge in [0.05, 0.1) is 4.92 Å². The highest BCUT2D eigenvalue weighted by atomic mass is 32.2. The molecule has 7 nitrogen and oxygen atoms in total. The molecule has 1 aromatic carbocycles. The predicted molar refractivity (Wildman–Crippen MR) is 83.2 cm³/mol. The molecular weight excluding hydrogens is 306 g/mol. The van der Waals surface area contributed by atoms with Gasteiger partial charge in [-0.2, -0.15) is 4.31 Å². The third-order valence-electron chi connectivity index (χ3n) is 4.20. The first kappa shape index (κ1) is 16.9. The van der Waals surface area contributed by atoms with Gasteiger partial charge in [0.1, 0.15) is 0 Å². The van der Waals surface area contributed by atoms with Crippen LogP contribution in [0, 0.1) is 24.0 Å². The Morgan fingerprint density at radius 2 is 1.95 bits per heavy atom. The fraction of sp³-hybridized carbons (Fsp3) is 0.571. The zero-order valence-corrected chi connectivity index (χ0v) is 13.6. The fourth-order valence-corrected chi connectivity index (χ4v) is 4.71. The van der Waals surface area contributed by atoms with Crippen molar-refractivity contribution in [3.63, 3.8) is 0 Å². The van der Waals surface area contributed by atoms with E-state index in [0.717, 1.165) is 12.8 Å². The molecule has 1 aromatic rings. The smallest absolute Gasteiger partial charge is 0.289 e. The van der Waals surface area contributed by atoms with Crippen molar-refractivity contribution in [2.75, 3.05) is 13.1 Å². The van der Waals surface area contributed by atoms with E-state index in [2.05, 4.69) is 0 Å². The molecule has 22 heavy (non-hydrogen) atoms. The van der Waals surface area contributed by atoms with E-state index in [4.69, 9.17) is 5.73 Å². The number of rotatable bonds is 4. The lowest BCUT2D eigenvalue weighted by atomic mass is 10.1. The van der Waals surface area contributed by atoms with Gasteiger partial charge in [0, 0.05) is 25.2 Å². The Balaban J connectivity index is 2.57. The van der Waals surface area contributed by atoms with E-state index in [9.17, 15) is 18.5 Å². The zero-order chi connectivity index (χ0) is 16.5. The molecule has 0 radical (unpaired) electrons. The Hall–Kier alpha value is -1.51. The van der Waals surface area contributed by atoms with Crippen LogP contribution in [-0.2, 0) is 10.0 Å². The maximum atomic E-state index is 12.9. The highest BCUT2D eigenvalue weighted by Gasteiger charge is 2.37. The van der Waals surface area contributed by atoms with Crippen LogP contribution < -0.4 is 5.73 Å². The van der Waals surface area contributed by atoms with Gasteiger partial charge in [0.15, 0.2) is 4.90 Å². The molecule has 0 aromatic heterocycles. The number of sulfonamides is 1. The lowest BCUT2D eigenvalue weighted by Gasteiger charge is -2.33. The van der Waals surface area contributed by atoms with Crippen LogP contribution >= 0.6 is 0 Å². The van der Waals surface area contributed by atoms with Crippen LogP contribution in [0.4, 0.5) is 5.69 Å². The Kier molecular flexibility index (Phi) is 4.84. The van der Waals surface area contributed by atoms with E-state index >= 15 is 0 Å². The third kappa shape index (κ3) is 2.99. The summed E-state index contributed by atoms with van der Waals surface area (Å²) in [5.41, 5.74) is 6.72. The first-order valence-electron chi connectivity index (χ1n) is 7.26. The van der Waals surface area contributed by atoms with E-state index in [1.165, 1.54) is 16.4 Å². The van der Waals surface area contributed by atoms with Crippen LogP contribution in [0.25, 0.3) is 0 Å². The first-order valence-corrected chi connectivity index (χ1v) is 8.70. The van der Waals surface area contributed by atoms with Gasteiger partial charge in [-0.05, 0) is 43.9 Å². The number of aryl methyl sites for hydroxylation is 2. The van der Waals surface area contributed by atoms with Crippen molar-refractivity contribution in [1.82, 2.24) is 4.31 Å². The number of hydrogen-bond donors (Lipinski definition) is 1. The Bertz CT molecular complexity index is 688. The minimum Gasteiger partial charge on any atom is -0.329 e. The molecule has 0 amide bonds. The molecular formula is C14H21N3O4S. The minimum atomic E-state index is -3.93. The number of nitro benzene ring substituents is 1. The number of hydrogen-bond acceptors (Lipinski definition) is 5. The summed E-state index contributed by atoms with van der Waals surface area (Å²) >= 11 is 0. The van der Waals surface area contributed by atoms with Crippen LogP contribution in [0.3, 0.4) is 0 Å². The molecule has 1 saturated heterocycles. The summed E-state index contributed by atoms with van der Waals surface area (Å²) in [6.45, 7) is 4.04. The Labute approximate surface area is 130 Å². The van der Waals surface area contributed by atoms with Gasteiger partial charge in [-0.1, -0.05) is 6.42 Å². The van der Waals surface area contributed by atoms with Gasteiger partial charge in [-0.15, -0.1) is 0 Å². The summed E-state index contributed by atoms with van der Waals surface area (Å²) in [5, 5.41) is 11.3. The molecule has 1 heterocycles. The van der Waals surface area contributed by atoms with Crippen molar-refractivity contribution in [1.29, 1.82) is 0 Å². The summed E-state index contributed by atoms with van der Waals surface area (Å²) in [6.07, 6.45) is 2.35. The average Bonchev–Trinajstić information content (AvgIpc) is 2.49. The largest absolute Gasteiger partial charge is 0.329 e. The van der Waals surface area contributed by atoms with E-state index < -0.39 is 14.9 Å². The van der Waals surface area contributed by atoms with Crippen molar-refractivity contribution < 1.29 is 13.3 Å². The van der Waals surface area contributed by atoms with Crippen LogP contribution in [0.2, 0.25) is 0 Å². The maximum absolute atomic E-state index is 12.9. The summed E-state index contributed by atoms with van der Waals surface area (Å²) in [4.78, 5) is 10.4. The molecule has 0 saturated carbocycles. The molecule has 1 aliphatic heterocycles. The topological polar surface area (TPSA) is 107 Å². The van der Waals surface area contributed by atoms with Gasteiger partial charge in [-0.3, -0.25) is 10.1 Å². The SMILES string of the molecule is Cc1cc([N+](=O)[O-])c(S(=O)(=O)N2CCCCC2CN)cc1C. The van der Waals surface area contributed by atoms with Gasteiger partial charge in [-0.25, -0.2) is 8.42 Å². The lowest BCUT2D eigenvalue weighted by Crippen LogP contribution is -2.47. The second-order valence-corrected chi connectivity index (χ2v) is 7.52. The monoisotopic (exact) mass is 327 g/mol. The van der Waals surface area contributed by atoms with Gasteiger partial charge < -0.3 is 5.73 Å². The van der Waals surface area contributed by atoms with Gasteiger partial charge in [0.25, 0.3) is 5.69 Å². The number of nitrogens with two attached hydrogens (primary N) is 1. The number of benzene rings is 1. The predicted octanol–water partition coefficient (Wildman–Crippen LogP) is 1.71. The lowest BCUT2D eigenvalue weighted by molar-refractivity contribution is -0.387. The van der Waals surface area contributed by atoms with E-state index in [-0.39, 0.29) is 23.2 Å². The molecule has 2 N–H and O–H groups in total. The van der Waals surface area contributed by atoms with Crippen molar-refractivity contribution in [3.05, 3.63) is 33.4 Å². The molecule has 0 spiro atoms. The van der Waals surface area contributed by atoms with Crippen LogP contribution in [-0.4, -0.2) is 36.8 Å². The Morgan fingerprint density at radius 1 is 1.32 bits per heavy atom. The van der Waals surface area contributed by atoms with E-state index in [1.807, 2.05) is 0 Å². The normalized spacial score (nSPS) is 20.0. The average molecular weight is 327 g/mol. The summed E-state index contributed by atoms with van der Waals surface area (Å²) in [5.74, 6) is 0. The third-order valence-corrected chi connectivity index (χ3v) is 6.18. The Morgan fingerprint density at radius 3 is 2.55 bits per heavy atom. The standard InChI is InChI=1S/C14H21N3O4S/c1-10-7-13(17(18)19)14(8-11(10)2)22(20,21)16-6-4-3-5-12(16)9-15/h7-8,12H,3-6,9,15H2,1-2H3. The molecule has 0 bridgehead atoms. The van der Waals surface area contributed by atoms with E-state index in [1.54, 1.807) is 13.8 Å². The maximum Gasteiger partial charge on any atom is 0.289 e. The number of nitrogens with zero attached hydrogens (tertiary/aromatic N) is 2. The molecule has 1 fully saturated rings. The van der Waals surface area contributed by atoms with Crippen molar-refractivity contribution in [2.45, 2.75) is 44.0 Å². The molecule has 122 valence electrons. The molecule has 2 rings (SSSR count). The van der Waals surface area contributed by atoms with Crippen LogP contribution in [0.15, 0.2) is 17.0 Å². The van der Waals surface area contributed by atoms with E-state index in [0.29, 0.717) is 24.1 Å². The van der Waals surface area contributed by atoms with Gasteiger partial charge >= 0.3 is 0 Å². The highest BCUT2D eigenvalue weighted by molar-refractivity contribution is 7.89. The number of nitro groups is 1. The van der Waals surface area contributed by atoms with Crippen molar-refractivity contribution in [3.8, 4) is 0 Å². The number of piperidine rings is 1. The second-order valence-electron chi connectivity index (χ2n) is 5.66. The second kappa shape index (κ2) is 6.31. The minimum absolute atomic E-state index is 0.220. The van der Waals surface area contributed by atoms with Crippen LogP contribution in [0.5, 0.6) is 0 Å². The van der Waals surface area contributed by atoms with Crippen molar-refractivity contribution in [2.24, 2.45) is 5.73 Å². The molecule has 1 unspecified atom stereocenters.